The predicted molar refractivity (Wildman–Crippen MR) is 91.3 cm³/mol. The summed E-state index contributed by atoms with van der Waals surface area (Å²) < 4.78 is 22.9. The monoisotopic (exact) mass is 363 g/mol. The zero-order valence-corrected chi connectivity index (χ0v) is 14.2. The molecule has 3 N–H and O–H groups in total. The highest BCUT2D eigenvalue weighted by Gasteiger charge is 2.13. The van der Waals surface area contributed by atoms with E-state index in [-0.39, 0.29) is 22.0 Å². The normalized spacial score (nSPS) is 12.4. The third kappa shape index (κ3) is 4.69. The quantitative estimate of drug-likeness (QED) is 0.639. The maximum Gasteiger partial charge on any atom is 0.256 e. The molecule has 1 atom stereocenters. The molecular weight excluding hydrogens is 346 g/mol. The molecule has 2 rings (SSSR count). The summed E-state index contributed by atoms with van der Waals surface area (Å²) >= 11 is 0. The molecule has 2 aromatic rings. The number of rotatable bonds is 6. The third-order valence-electron chi connectivity index (χ3n) is 3.33. The second-order valence-electron chi connectivity index (χ2n) is 5.25. The summed E-state index contributed by atoms with van der Waals surface area (Å²) in [4.78, 5) is 20.1. The fourth-order valence-electron chi connectivity index (χ4n) is 1.89. The van der Waals surface area contributed by atoms with Gasteiger partial charge in [0.15, 0.2) is 15.7 Å². The van der Waals surface area contributed by atoms with Crippen LogP contribution in [-0.2, 0) is 14.6 Å². The van der Waals surface area contributed by atoms with Gasteiger partial charge in [-0.15, -0.1) is 0 Å². The van der Waals surface area contributed by atoms with Crippen LogP contribution < -0.4 is 5.32 Å². The number of hydrogen-bond donors (Lipinski definition) is 3. The maximum absolute atomic E-state index is 12.2. The molecule has 132 valence electrons. The van der Waals surface area contributed by atoms with Crippen molar-refractivity contribution >= 4 is 27.1 Å². The topological polar surface area (TPSA) is 129 Å². The van der Waals surface area contributed by atoms with Crippen molar-refractivity contribution in [1.82, 2.24) is 9.97 Å². The van der Waals surface area contributed by atoms with Gasteiger partial charge < -0.3 is 15.5 Å². The molecule has 1 amide bonds. The number of benzene rings is 1. The SMILES string of the molecule is C=C(C(=O)Nc1cnc([C@@H](O)CO)cn1)c1ccc(S(C)(=O)=O)cc1. The van der Waals surface area contributed by atoms with Crippen molar-refractivity contribution in [3.05, 3.63) is 54.5 Å². The maximum atomic E-state index is 12.2. The molecule has 9 heteroatoms. The van der Waals surface area contributed by atoms with E-state index in [0.29, 0.717) is 5.56 Å². The molecule has 0 aliphatic rings. The van der Waals surface area contributed by atoms with Gasteiger partial charge in [0.2, 0.25) is 0 Å². The van der Waals surface area contributed by atoms with Crippen molar-refractivity contribution in [2.45, 2.75) is 11.0 Å². The van der Waals surface area contributed by atoms with E-state index in [4.69, 9.17) is 5.11 Å². The fraction of sp³-hybridized carbons (Fsp3) is 0.188. The molecule has 25 heavy (non-hydrogen) atoms. The highest BCUT2D eigenvalue weighted by molar-refractivity contribution is 7.90. The summed E-state index contributed by atoms with van der Waals surface area (Å²) in [5.41, 5.74) is 0.766. The number of aliphatic hydroxyl groups is 2. The van der Waals surface area contributed by atoms with Crippen molar-refractivity contribution in [2.75, 3.05) is 18.2 Å². The molecule has 0 aliphatic carbocycles. The van der Waals surface area contributed by atoms with Crippen LogP contribution in [0.1, 0.15) is 17.4 Å². The number of amides is 1. The smallest absolute Gasteiger partial charge is 0.256 e. The van der Waals surface area contributed by atoms with Crippen LogP contribution in [0, 0.1) is 0 Å². The first-order valence-corrected chi connectivity index (χ1v) is 9.03. The fourth-order valence-corrected chi connectivity index (χ4v) is 2.52. The highest BCUT2D eigenvalue weighted by atomic mass is 32.2. The molecule has 1 heterocycles. The largest absolute Gasteiger partial charge is 0.393 e. The van der Waals surface area contributed by atoms with Crippen molar-refractivity contribution in [1.29, 1.82) is 0 Å². The van der Waals surface area contributed by atoms with E-state index in [1.165, 1.54) is 36.7 Å². The lowest BCUT2D eigenvalue weighted by Gasteiger charge is -2.09. The lowest BCUT2D eigenvalue weighted by atomic mass is 10.1. The molecule has 0 saturated carbocycles. The summed E-state index contributed by atoms with van der Waals surface area (Å²) in [6.45, 7) is 3.20. The summed E-state index contributed by atoms with van der Waals surface area (Å²) in [6, 6.07) is 5.78. The Hall–Kier alpha value is -2.62. The Balaban J connectivity index is 2.09. The van der Waals surface area contributed by atoms with E-state index in [2.05, 4.69) is 21.9 Å². The zero-order valence-electron chi connectivity index (χ0n) is 13.4. The van der Waals surface area contributed by atoms with Crippen LogP contribution in [-0.4, -0.2) is 47.4 Å². The van der Waals surface area contributed by atoms with Crippen LogP contribution in [0.4, 0.5) is 5.82 Å². The summed E-state index contributed by atoms with van der Waals surface area (Å²) in [7, 11) is -3.31. The molecule has 0 aliphatic heterocycles. The Bertz CT molecular complexity index is 877. The number of hydrogen-bond acceptors (Lipinski definition) is 7. The Labute approximate surface area is 144 Å². The molecule has 1 aromatic carbocycles. The van der Waals surface area contributed by atoms with E-state index < -0.39 is 28.5 Å². The molecule has 8 nitrogen and oxygen atoms in total. The molecule has 0 bridgehead atoms. The van der Waals surface area contributed by atoms with Crippen LogP contribution in [0.25, 0.3) is 5.57 Å². The van der Waals surface area contributed by atoms with Crippen molar-refractivity contribution in [2.24, 2.45) is 0 Å². The minimum atomic E-state index is -3.31. The number of nitrogens with zero attached hydrogens (tertiary/aromatic N) is 2. The van der Waals surface area contributed by atoms with E-state index in [0.717, 1.165) is 6.26 Å². The standard InChI is InChI=1S/C16H17N3O5S/c1-10(11-3-5-12(6-4-11)25(2,23)24)16(22)19-15-8-17-13(7-18-15)14(21)9-20/h3-8,14,20-21H,1,9H2,2H3,(H,18,19,22)/t14-/m0/s1. The average Bonchev–Trinajstić information content (AvgIpc) is 2.60. The lowest BCUT2D eigenvalue weighted by molar-refractivity contribution is -0.111. The number of sulfone groups is 1. The van der Waals surface area contributed by atoms with Gasteiger partial charge >= 0.3 is 0 Å². The van der Waals surface area contributed by atoms with Crippen LogP contribution in [0.5, 0.6) is 0 Å². The summed E-state index contributed by atoms with van der Waals surface area (Å²) in [5, 5.41) is 20.8. The highest BCUT2D eigenvalue weighted by Crippen LogP contribution is 2.18. The van der Waals surface area contributed by atoms with Crippen molar-refractivity contribution in [3.8, 4) is 0 Å². The Morgan fingerprint density at radius 2 is 1.88 bits per heavy atom. The first kappa shape index (κ1) is 18.7. The third-order valence-corrected chi connectivity index (χ3v) is 4.46. The molecule has 0 radical (unpaired) electrons. The van der Waals surface area contributed by atoms with E-state index in [1.54, 1.807) is 0 Å². The van der Waals surface area contributed by atoms with Gasteiger partial charge in [0, 0.05) is 11.8 Å². The van der Waals surface area contributed by atoms with E-state index in [1.807, 2.05) is 0 Å². The Kier molecular flexibility index (Phi) is 5.62. The number of anilines is 1. The minimum absolute atomic E-state index is 0.126. The van der Waals surface area contributed by atoms with Gasteiger partial charge in [-0.05, 0) is 17.7 Å². The molecule has 0 spiro atoms. The Morgan fingerprint density at radius 3 is 2.36 bits per heavy atom. The van der Waals surface area contributed by atoms with Crippen LogP contribution in [0.3, 0.4) is 0 Å². The number of aromatic nitrogens is 2. The average molecular weight is 363 g/mol. The molecule has 0 unspecified atom stereocenters. The number of carbonyl (C=O) groups excluding carboxylic acids is 1. The first-order valence-electron chi connectivity index (χ1n) is 7.14. The van der Waals surface area contributed by atoms with Gasteiger partial charge in [-0.1, -0.05) is 18.7 Å². The number of aliphatic hydroxyl groups excluding tert-OH is 2. The van der Waals surface area contributed by atoms with Crippen LogP contribution in [0.2, 0.25) is 0 Å². The lowest BCUT2D eigenvalue weighted by Crippen LogP contribution is -2.15. The molecule has 1 aromatic heterocycles. The molecule has 0 fully saturated rings. The van der Waals surface area contributed by atoms with Gasteiger partial charge in [0.05, 0.1) is 29.6 Å². The van der Waals surface area contributed by atoms with Gasteiger partial charge in [-0.25, -0.2) is 13.4 Å². The van der Waals surface area contributed by atoms with Crippen molar-refractivity contribution < 1.29 is 23.4 Å². The molecular formula is C16H17N3O5S. The zero-order chi connectivity index (χ0) is 18.6. The Morgan fingerprint density at radius 1 is 1.24 bits per heavy atom. The number of carbonyl (C=O) groups is 1. The minimum Gasteiger partial charge on any atom is -0.393 e. The van der Waals surface area contributed by atoms with Crippen LogP contribution >= 0.6 is 0 Å². The van der Waals surface area contributed by atoms with Crippen LogP contribution in [0.15, 0.2) is 48.1 Å². The second-order valence-corrected chi connectivity index (χ2v) is 7.27. The van der Waals surface area contributed by atoms with E-state index in [9.17, 15) is 18.3 Å². The molecule has 0 saturated heterocycles. The van der Waals surface area contributed by atoms with Gasteiger partial charge in [0.1, 0.15) is 6.10 Å². The predicted octanol–water partition coefficient (Wildman–Crippen LogP) is 0.558. The second kappa shape index (κ2) is 7.51. The summed E-state index contributed by atoms with van der Waals surface area (Å²) in [5.74, 6) is -0.385. The van der Waals surface area contributed by atoms with Crippen molar-refractivity contribution in [3.63, 3.8) is 0 Å². The number of nitrogens with one attached hydrogen (secondary N) is 1. The van der Waals surface area contributed by atoms with Gasteiger partial charge in [-0.2, -0.15) is 0 Å². The van der Waals surface area contributed by atoms with Gasteiger partial charge in [0.25, 0.3) is 5.91 Å². The van der Waals surface area contributed by atoms with Gasteiger partial charge in [-0.3, -0.25) is 9.78 Å². The van der Waals surface area contributed by atoms with E-state index >= 15 is 0 Å². The first-order chi connectivity index (χ1) is 11.7. The summed E-state index contributed by atoms with van der Waals surface area (Å²) in [6.07, 6.45) is 2.44.